The predicted molar refractivity (Wildman–Crippen MR) is 113 cm³/mol. The molecule has 4 rings (SSSR count). The Hall–Kier alpha value is -2.69. The van der Waals surface area contributed by atoms with Crippen molar-refractivity contribution in [2.24, 2.45) is 0 Å². The maximum Gasteiger partial charge on any atom is 0.181 e. The number of hydrogen-bond donors (Lipinski definition) is 1. The summed E-state index contributed by atoms with van der Waals surface area (Å²) >= 11 is 0. The Kier molecular flexibility index (Phi) is 4.92. The molecule has 2 aromatic carbocycles. The summed E-state index contributed by atoms with van der Waals surface area (Å²) in [6, 6.07) is 13.1. The Labute approximate surface area is 167 Å². The molecule has 146 valence electrons. The van der Waals surface area contributed by atoms with Gasteiger partial charge in [-0.2, -0.15) is 4.68 Å². The lowest BCUT2D eigenvalue weighted by Gasteiger charge is -2.38. The summed E-state index contributed by atoms with van der Waals surface area (Å²) in [5.74, 6) is 0.913. The molecular formula is C23H29N5. The van der Waals surface area contributed by atoms with Gasteiger partial charge in [-0.05, 0) is 97.5 Å². The molecule has 1 heterocycles. The smallest absolute Gasteiger partial charge is 0.181 e. The molecule has 0 unspecified atom stereocenters. The van der Waals surface area contributed by atoms with Gasteiger partial charge in [-0.25, -0.2) is 0 Å². The maximum atomic E-state index is 4.53. The van der Waals surface area contributed by atoms with E-state index in [1.165, 1.54) is 41.5 Å². The van der Waals surface area contributed by atoms with Crippen LogP contribution in [0.1, 0.15) is 60.2 Å². The van der Waals surface area contributed by atoms with E-state index in [2.05, 4.69) is 84.9 Å². The molecule has 28 heavy (non-hydrogen) atoms. The Bertz CT molecular complexity index is 942. The normalized spacial score (nSPS) is 16.1. The number of tetrazole rings is 1. The lowest BCUT2D eigenvalue weighted by molar-refractivity contribution is 0.309. The van der Waals surface area contributed by atoms with Crippen molar-refractivity contribution < 1.29 is 0 Å². The van der Waals surface area contributed by atoms with Crippen molar-refractivity contribution in [3.63, 3.8) is 0 Å². The third-order valence-corrected chi connectivity index (χ3v) is 5.66. The maximum absolute atomic E-state index is 4.53. The molecule has 1 aromatic heterocycles. The summed E-state index contributed by atoms with van der Waals surface area (Å²) in [6.45, 7) is 8.52. The van der Waals surface area contributed by atoms with E-state index >= 15 is 0 Å². The Morgan fingerprint density at radius 3 is 1.96 bits per heavy atom. The molecule has 0 spiro atoms. The van der Waals surface area contributed by atoms with Crippen molar-refractivity contribution >= 4 is 5.69 Å². The van der Waals surface area contributed by atoms with Crippen LogP contribution in [0.2, 0.25) is 0 Å². The number of aromatic nitrogens is 4. The summed E-state index contributed by atoms with van der Waals surface area (Å²) in [5.41, 5.74) is 6.90. The Balaban J connectivity index is 1.80. The minimum Gasteiger partial charge on any atom is -0.373 e. The van der Waals surface area contributed by atoms with Gasteiger partial charge < -0.3 is 5.32 Å². The van der Waals surface area contributed by atoms with Crippen LogP contribution in [0.15, 0.2) is 36.4 Å². The molecule has 5 heteroatoms. The molecular weight excluding hydrogens is 346 g/mol. The highest BCUT2D eigenvalue weighted by Gasteiger charge is 2.39. The highest BCUT2D eigenvalue weighted by molar-refractivity contribution is 5.51. The fraction of sp³-hybridized carbons (Fsp3) is 0.435. The molecule has 1 saturated carbocycles. The molecule has 0 atom stereocenters. The Morgan fingerprint density at radius 1 is 0.786 bits per heavy atom. The number of nitrogens with one attached hydrogen (secondary N) is 1. The highest BCUT2D eigenvalue weighted by Crippen LogP contribution is 2.40. The predicted octanol–water partition coefficient (Wildman–Crippen LogP) is 5.17. The van der Waals surface area contributed by atoms with Gasteiger partial charge in [0, 0.05) is 5.69 Å². The van der Waals surface area contributed by atoms with Crippen LogP contribution >= 0.6 is 0 Å². The molecule has 1 N–H and O–H groups in total. The van der Waals surface area contributed by atoms with E-state index in [-0.39, 0.29) is 5.54 Å². The van der Waals surface area contributed by atoms with Gasteiger partial charge in [-0.3, -0.25) is 0 Å². The Morgan fingerprint density at radius 2 is 1.36 bits per heavy atom. The third-order valence-electron chi connectivity index (χ3n) is 5.66. The van der Waals surface area contributed by atoms with E-state index in [9.17, 15) is 0 Å². The van der Waals surface area contributed by atoms with Crippen molar-refractivity contribution in [1.29, 1.82) is 0 Å². The van der Waals surface area contributed by atoms with Crippen LogP contribution in [-0.2, 0) is 5.54 Å². The summed E-state index contributed by atoms with van der Waals surface area (Å²) in [7, 11) is 0. The average Bonchev–Trinajstić information content (AvgIpc) is 3.11. The lowest BCUT2D eigenvalue weighted by atomic mass is 9.80. The van der Waals surface area contributed by atoms with E-state index < -0.39 is 0 Å². The van der Waals surface area contributed by atoms with Crippen LogP contribution in [0.25, 0.3) is 5.69 Å². The number of rotatable bonds is 4. The van der Waals surface area contributed by atoms with Crippen LogP contribution < -0.4 is 5.32 Å². The fourth-order valence-electron chi connectivity index (χ4n) is 4.62. The first-order valence-corrected chi connectivity index (χ1v) is 10.2. The molecule has 3 aromatic rings. The summed E-state index contributed by atoms with van der Waals surface area (Å²) in [5, 5.41) is 16.8. The van der Waals surface area contributed by atoms with Crippen molar-refractivity contribution in [3.05, 3.63) is 64.5 Å². The standard InChI is InChI=1S/C23H29N5/c1-16-10-17(2)13-20(12-16)24-23(8-6-5-7-9-23)22-25-26-27-28(22)21-14-18(3)11-19(4)15-21/h10-15,24H,5-9H2,1-4H3. The number of aryl methyl sites for hydroxylation is 4. The van der Waals surface area contributed by atoms with Crippen molar-refractivity contribution in [1.82, 2.24) is 20.2 Å². The molecule has 1 fully saturated rings. The van der Waals surface area contributed by atoms with Gasteiger partial charge in [0.1, 0.15) is 0 Å². The number of hydrogen-bond acceptors (Lipinski definition) is 4. The minimum absolute atomic E-state index is 0.250. The lowest BCUT2D eigenvalue weighted by Crippen LogP contribution is -2.40. The van der Waals surface area contributed by atoms with Gasteiger partial charge in [0.15, 0.2) is 5.82 Å². The van der Waals surface area contributed by atoms with E-state index in [4.69, 9.17) is 0 Å². The van der Waals surface area contributed by atoms with Gasteiger partial charge in [0.2, 0.25) is 0 Å². The zero-order valence-corrected chi connectivity index (χ0v) is 17.3. The number of anilines is 1. The molecule has 0 amide bonds. The summed E-state index contributed by atoms with van der Waals surface area (Å²) < 4.78 is 1.93. The van der Waals surface area contributed by atoms with Crippen molar-refractivity contribution in [2.75, 3.05) is 5.32 Å². The second-order valence-electron chi connectivity index (χ2n) is 8.40. The second-order valence-corrected chi connectivity index (χ2v) is 8.40. The largest absolute Gasteiger partial charge is 0.373 e. The van der Waals surface area contributed by atoms with Crippen molar-refractivity contribution in [3.8, 4) is 5.69 Å². The average molecular weight is 376 g/mol. The van der Waals surface area contributed by atoms with Gasteiger partial charge >= 0.3 is 0 Å². The van der Waals surface area contributed by atoms with E-state index in [1.807, 2.05) is 4.68 Å². The zero-order chi connectivity index (χ0) is 19.7. The van der Waals surface area contributed by atoms with Crippen LogP contribution in [0.3, 0.4) is 0 Å². The molecule has 0 saturated heterocycles. The first kappa shape index (κ1) is 18.7. The SMILES string of the molecule is Cc1cc(C)cc(NC2(c3nnnn3-c3cc(C)cc(C)c3)CCCCC2)c1. The molecule has 1 aliphatic carbocycles. The van der Waals surface area contributed by atoms with Gasteiger partial charge in [0.05, 0.1) is 11.2 Å². The van der Waals surface area contributed by atoms with Crippen molar-refractivity contribution in [2.45, 2.75) is 65.3 Å². The molecule has 5 nitrogen and oxygen atoms in total. The molecule has 0 radical (unpaired) electrons. The summed E-state index contributed by atoms with van der Waals surface area (Å²) in [6.07, 6.45) is 5.69. The van der Waals surface area contributed by atoms with E-state index in [0.29, 0.717) is 0 Å². The molecule has 1 aliphatic rings. The number of benzene rings is 2. The first-order valence-electron chi connectivity index (χ1n) is 10.2. The second kappa shape index (κ2) is 7.38. The highest BCUT2D eigenvalue weighted by atomic mass is 15.6. The van der Waals surface area contributed by atoms with E-state index in [1.54, 1.807) is 0 Å². The van der Waals surface area contributed by atoms with E-state index in [0.717, 1.165) is 30.0 Å². The summed E-state index contributed by atoms with van der Waals surface area (Å²) in [4.78, 5) is 0. The number of nitrogens with zero attached hydrogens (tertiary/aromatic N) is 4. The quantitative estimate of drug-likeness (QED) is 0.684. The van der Waals surface area contributed by atoms with Crippen LogP contribution in [0.4, 0.5) is 5.69 Å². The topological polar surface area (TPSA) is 55.6 Å². The monoisotopic (exact) mass is 375 g/mol. The van der Waals surface area contributed by atoms with Crippen LogP contribution in [-0.4, -0.2) is 20.2 Å². The molecule has 0 bridgehead atoms. The first-order chi connectivity index (χ1) is 13.4. The van der Waals surface area contributed by atoms with Crippen LogP contribution in [0, 0.1) is 27.7 Å². The minimum atomic E-state index is -0.250. The van der Waals surface area contributed by atoms with Gasteiger partial charge in [-0.15, -0.1) is 5.10 Å². The fourth-order valence-corrected chi connectivity index (χ4v) is 4.62. The molecule has 0 aliphatic heterocycles. The van der Waals surface area contributed by atoms with Crippen LogP contribution in [0.5, 0.6) is 0 Å². The van der Waals surface area contributed by atoms with Gasteiger partial charge in [0.25, 0.3) is 0 Å². The zero-order valence-electron chi connectivity index (χ0n) is 17.3. The van der Waals surface area contributed by atoms with Gasteiger partial charge in [-0.1, -0.05) is 31.4 Å². The third kappa shape index (κ3) is 3.66.